The number of rotatable bonds is 5. The fourth-order valence-corrected chi connectivity index (χ4v) is 2.60. The molecule has 1 aliphatic heterocycles. The van der Waals surface area contributed by atoms with E-state index in [0.29, 0.717) is 41.5 Å². The van der Waals surface area contributed by atoms with Gasteiger partial charge in [-0.2, -0.15) is 5.26 Å². The van der Waals surface area contributed by atoms with Gasteiger partial charge >= 0.3 is 0 Å². The van der Waals surface area contributed by atoms with Crippen LogP contribution < -0.4 is 14.8 Å². The summed E-state index contributed by atoms with van der Waals surface area (Å²) in [6.07, 6.45) is 0.943. The molecule has 0 saturated heterocycles. The smallest absolute Gasteiger partial charge is 0.224 e. The summed E-state index contributed by atoms with van der Waals surface area (Å²) in [6, 6.07) is 13.7. The molecule has 26 heavy (non-hydrogen) atoms. The van der Waals surface area contributed by atoms with Crippen molar-refractivity contribution in [3.63, 3.8) is 0 Å². The monoisotopic (exact) mass is 350 g/mol. The minimum absolute atomic E-state index is 0.0596. The molecule has 1 N–H and O–H groups in total. The van der Waals surface area contributed by atoms with Crippen LogP contribution in [0.25, 0.3) is 0 Å². The van der Waals surface area contributed by atoms with E-state index in [1.165, 1.54) is 0 Å². The van der Waals surface area contributed by atoms with Gasteiger partial charge in [-0.3, -0.25) is 9.59 Å². The number of nitriles is 1. The highest BCUT2D eigenvalue weighted by Crippen LogP contribution is 2.30. The van der Waals surface area contributed by atoms with E-state index in [0.717, 1.165) is 6.42 Å². The summed E-state index contributed by atoms with van der Waals surface area (Å²) < 4.78 is 11.1. The van der Waals surface area contributed by atoms with Gasteiger partial charge in [0.2, 0.25) is 5.91 Å². The van der Waals surface area contributed by atoms with Crippen LogP contribution in [0.15, 0.2) is 42.5 Å². The van der Waals surface area contributed by atoms with Crippen LogP contribution in [0.4, 0.5) is 5.69 Å². The lowest BCUT2D eigenvalue weighted by molar-refractivity contribution is -0.116. The number of carbonyl (C=O) groups is 2. The van der Waals surface area contributed by atoms with Crippen molar-refractivity contribution in [3.8, 4) is 17.6 Å². The van der Waals surface area contributed by atoms with Gasteiger partial charge in [-0.05, 0) is 36.4 Å². The second-order valence-electron chi connectivity index (χ2n) is 5.88. The molecule has 1 heterocycles. The molecule has 6 heteroatoms. The lowest BCUT2D eigenvalue weighted by Gasteiger charge is -2.09. The standard InChI is InChI=1S/C20H18N2O4/c21-13-14-3-1-4-16(11-14)22-20(24)8-6-17(23)15-5-7-18-19(12-15)26-10-2-9-25-18/h1,3-5,7,11-12H,2,6,8-10H2,(H,22,24). The first-order chi connectivity index (χ1) is 12.7. The normalized spacial score (nSPS) is 12.6. The average Bonchev–Trinajstić information content (AvgIpc) is 2.91. The van der Waals surface area contributed by atoms with E-state index < -0.39 is 0 Å². The van der Waals surface area contributed by atoms with Crippen molar-refractivity contribution in [1.82, 2.24) is 0 Å². The first-order valence-electron chi connectivity index (χ1n) is 8.38. The quantitative estimate of drug-likeness (QED) is 0.836. The van der Waals surface area contributed by atoms with E-state index >= 15 is 0 Å². The number of nitrogens with zero attached hydrogens (tertiary/aromatic N) is 1. The number of ether oxygens (including phenoxy) is 2. The van der Waals surface area contributed by atoms with Crippen LogP contribution in [-0.2, 0) is 4.79 Å². The lowest BCUT2D eigenvalue weighted by Crippen LogP contribution is -2.13. The second kappa shape index (κ2) is 8.17. The molecule has 3 rings (SSSR count). The number of benzene rings is 2. The van der Waals surface area contributed by atoms with Crippen molar-refractivity contribution < 1.29 is 19.1 Å². The fraction of sp³-hybridized carbons (Fsp3) is 0.250. The zero-order chi connectivity index (χ0) is 18.4. The molecule has 6 nitrogen and oxygen atoms in total. The molecule has 0 fully saturated rings. The van der Waals surface area contributed by atoms with Gasteiger partial charge in [0.15, 0.2) is 17.3 Å². The number of hydrogen-bond acceptors (Lipinski definition) is 5. The number of fused-ring (bicyclic) bond motifs is 1. The molecule has 132 valence electrons. The Morgan fingerprint density at radius 3 is 2.65 bits per heavy atom. The molecule has 0 atom stereocenters. The summed E-state index contributed by atoms with van der Waals surface area (Å²) in [7, 11) is 0. The third-order valence-electron chi connectivity index (χ3n) is 3.92. The number of ketones is 1. The Balaban J connectivity index is 1.57. The van der Waals surface area contributed by atoms with Gasteiger partial charge < -0.3 is 14.8 Å². The maximum absolute atomic E-state index is 12.4. The van der Waals surface area contributed by atoms with Crippen LogP contribution in [0.1, 0.15) is 35.2 Å². The highest BCUT2D eigenvalue weighted by molar-refractivity contribution is 6.00. The summed E-state index contributed by atoms with van der Waals surface area (Å²) in [5, 5.41) is 11.6. The molecule has 2 aromatic rings. The highest BCUT2D eigenvalue weighted by Gasteiger charge is 2.15. The van der Waals surface area contributed by atoms with E-state index in [1.807, 2.05) is 6.07 Å². The molecule has 1 aliphatic rings. The second-order valence-corrected chi connectivity index (χ2v) is 5.88. The molecular weight excluding hydrogens is 332 g/mol. The Kier molecular flexibility index (Phi) is 5.49. The summed E-state index contributed by atoms with van der Waals surface area (Å²) >= 11 is 0. The molecule has 0 aromatic heterocycles. The van der Waals surface area contributed by atoms with Crippen LogP contribution in [0.2, 0.25) is 0 Å². The third kappa shape index (κ3) is 4.39. The molecule has 0 spiro atoms. The van der Waals surface area contributed by atoms with E-state index in [1.54, 1.807) is 42.5 Å². The molecule has 0 unspecified atom stereocenters. The summed E-state index contributed by atoms with van der Waals surface area (Å²) in [5.41, 5.74) is 1.50. The van der Waals surface area contributed by atoms with Gasteiger partial charge in [0, 0.05) is 30.5 Å². The first kappa shape index (κ1) is 17.5. The summed E-state index contributed by atoms with van der Waals surface area (Å²) in [4.78, 5) is 24.4. The predicted molar refractivity (Wildman–Crippen MR) is 95.4 cm³/mol. The van der Waals surface area contributed by atoms with Gasteiger partial charge in [0.25, 0.3) is 0 Å². The van der Waals surface area contributed by atoms with E-state index in [2.05, 4.69) is 5.32 Å². The number of Topliss-reactive ketones (excluding diaryl/α,β-unsaturated/α-hetero) is 1. The van der Waals surface area contributed by atoms with Gasteiger partial charge in [-0.1, -0.05) is 6.07 Å². The molecule has 0 aliphatic carbocycles. The highest BCUT2D eigenvalue weighted by atomic mass is 16.5. The van der Waals surface area contributed by atoms with Crippen LogP contribution in [0.3, 0.4) is 0 Å². The maximum Gasteiger partial charge on any atom is 0.224 e. The molecule has 0 bridgehead atoms. The van der Waals surface area contributed by atoms with Crippen molar-refractivity contribution in [3.05, 3.63) is 53.6 Å². The van der Waals surface area contributed by atoms with Crippen LogP contribution in [-0.4, -0.2) is 24.9 Å². The minimum Gasteiger partial charge on any atom is -0.490 e. The Bertz CT molecular complexity index is 870. The summed E-state index contributed by atoms with van der Waals surface area (Å²) in [6.45, 7) is 1.14. The Labute approximate surface area is 151 Å². The Morgan fingerprint density at radius 2 is 1.85 bits per heavy atom. The van der Waals surface area contributed by atoms with Crippen molar-refractivity contribution in [1.29, 1.82) is 5.26 Å². The number of amides is 1. The molecule has 2 aromatic carbocycles. The van der Waals surface area contributed by atoms with E-state index in [9.17, 15) is 9.59 Å². The predicted octanol–water partition coefficient (Wildman–Crippen LogP) is 3.32. The van der Waals surface area contributed by atoms with Crippen molar-refractivity contribution in [2.24, 2.45) is 0 Å². The molecule has 0 radical (unpaired) electrons. The van der Waals surface area contributed by atoms with Crippen LogP contribution >= 0.6 is 0 Å². The first-order valence-corrected chi connectivity index (χ1v) is 8.38. The third-order valence-corrected chi connectivity index (χ3v) is 3.92. The largest absolute Gasteiger partial charge is 0.490 e. The number of nitrogens with one attached hydrogen (secondary N) is 1. The summed E-state index contributed by atoms with van der Waals surface area (Å²) in [5.74, 6) is 0.782. The van der Waals surface area contributed by atoms with Crippen LogP contribution in [0.5, 0.6) is 11.5 Å². The Morgan fingerprint density at radius 1 is 1.04 bits per heavy atom. The van der Waals surface area contributed by atoms with Gasteiger partial charge in [0.1, 0.15) is 0 Å². The van der Waals surface area contributed by atoms with Crippen LogP contribution in [0, 0.1) is 11.3 Å². The van der Waals surface area contributed by atoms with E-state index in [4.69, 9.17) is 14.7 Å². The lowest BCUT2D eigenvalue weighted by atomic mass is 10.1. The van der Waals surface area contributed by atoms with Gasteiger partial charge in [-0.15, -0.1) is 0 Å². The number of carbonyl (C=O) groups excluding carboxylic acids is 2. The minimum atomic E-state index is -0.275. The SMILES string of the molecule is N#Cc1cccc(NC(=O)CCC(=O)c2ccc3c(c2)OCCCO3)c1. The van der Waals surface area contributed by atoms with Crippen molar-refractivity contribution in [2.75, 3.05) is 18.5 Å². The van der Waals surface area contributed by atoms with Gasteiger partial charge in [0.05, 0.1) is 24.8 Å². The Hall–Kier alpha value is -3.33. The zero-order valence-corrected chi connectivity index (χ0v) is 14.2. The van der Waals surface area contributed by atoms with Crippen molar-refractivity contribution in [2.45, 2.75) is 19.3 Å². The van der Waals surface area contributed by atoms with Crippen molar-refractivity contribution >= 4 is 17.4 Å². The average molecular weight is 350 g/mol. The zero-order valence-electron chi connectivity index (χ0n) is 14.2. The number of hydrogen-bond donors (Lipinski definition) is 1. The molecule has 1 amide bonds. The van der Waals surface area contributed by atoms with Gasteiger partial charge in [-0.25, -0.2) is 0 Å². The number of anilines is 1. The fourth-order valence-electron chi connectivity index (χ4n) is 2.60. The molecular formula is C20H18N2O4. The molecule has 0 saturated carbocycles. The van der Waals surface area contributed by atoms with E-state index in [-0.39, 0.29) is 24.5 Å². The maximum atomic E-state index is 12.4. The topological polar surface area (TPSA) is 88.4 Å².